The Morgan fingerprint density at radius 3 is 2.53 bits per heavy atom. The lowest BCUT2D eigenvalue weighted by Crippen LogP contribution is -2.25. The number of hydrogen-bond acceptors (Lipinski definition) is 10. The van der Waals surface area contributed by atoms with E-state index in [0.717, 1.165) is 34.2 Å². The Balaban J connectivity index is 1.89. The summed E-state index contributed by atoms with van der Waals surface area (Å²) in [5.74, 6) is -2.29. The number of halogens is 1. The van der Waals surface area contributed by atoms with E-state index in [4.69, 9.17) is 14.2 Å². The number of nitrogens with one attached hydrogen (secondary N) is 1. The van der Waals surface area contributed by atoms with E-state index in [-0.39, 0.29) is 50.8 Å². The van der Waals surface area contributed by atoms with Gasteiger partial charge in [-0.3, -0.25) is 19.7 Å². The maximum atomic E-state index is 13.9. The molecule has 0 aliphatic heterocycles. The number of hydrogen-bond donors (Lipinski definition) is 1. The molecule has 14 heteroatoms. The molecule has 12 nitrogen and oxygen atoms in total. The van der Waals surface area contributed by atoms with Crippen LogP contribution in [0.4, 0.5) is 15.1 Å². The highest BCUT2D eigenvalue weighted by Crippen LogP contribution is 2.36. The lowest BCUT2D eigenvalue weighted by Gasteiger charge is -2.11. The molecular formula is C24H19FN4O8S. The molecule has 1 N–H and O–H groups in total. The number of nitro benzene ring substituents is 1. The van der Waals surface area contributed by atoms with Gasteiger partial charge in [-0.25, -0.2) is 9.18 Å². The van der Waals surface area contributed by atoms with Gasteiger partial charge in [0.05, 0.1) is 42.9 Å². The minimum absolute atomic E-state index is 0.0165. The van der Waals surface area contributed by atoms with Gasteiger partial charge in [0.1, 0.15) is 16.4 Å². The average molecular weight is 543 g/mol. The molecule has 0 aliphatic carbocycles. The van der Waals surface area contributed by atoms with E-state index in [9.17, 15) is 28.9 Å². The van der Waals surface area contributed by atoms with Gasteiger partial charge in [-0.15, -0.1) is 11.3 Å². The summed E-state index contributed by atoms with van der Waals surface area (Å²) in [5, 5.41) is 19.6. The van der Waals surface area contributed by atoms with Crippen molar-refractivity contribution in [2.24, 2.45) is 0 Å². The lowest BCUT2D eigenvalue weighted by molar-refractivity contribution is -0.385. The zero-order valence-corrected chi connectivity index (χ0v) is 21.0. The number of anilines is 1. The fourth-order valence-corrected chi connectivity index (χ4v) is 4.58. The molecule has 4 rings (SSSR count). The third kappa shape index (κ3) is 4.76. The molecule has 0 bridgehead atoms. The van der Waals surface area contributed by atoms with Crippen LogP contribution in [0.5, 0.6) is 11.5 Å². The molecule has 2 aromatic heterocycles. The Morgan fingerprint density at radius 1 is 1.18 bits per heavy atom. The summed E-state index contributed by atoms with van der Waals surface area (Å²) in [4.78, 5) is 50.2. The fourth-order valence-electron chi connectivity index (χ4n) is 3.65. The van der Waals surface area contributed by atoms with Crippen molar-refractivity contribution in [3.8, 4) is 17.2 Å². The highest BCUT2D eigenvalue weighted by Gasteiger charge is 2.27. The van der Waals surface area contributed by atoms with Crippen molar-refractivity contribution in [1.29, 1.82) is 0 Å². The predicted octanol–water partition coefficient (Wildman–Crippen LogP) is 3.94. The highest BCUT2D eigenvalue weighted by molar-refractivity contribution is 7.16. The number of amides is 1. The van der Waals surface area contributed by atoms with E-state index in [2.05, 4.69) is 10.4 Å². The molecule has 0 atom stereocenters. The summed E-state index contributed by atoms with van der Waals surface area (Å²) in [5.41, 5.74) is -1.90. The number of thiophene rings is 1. The molecule has 0 radical (unpaired) electrons. The van der Waals surface area contributed by atoms with Gasteiger partial charge in [-0.2, -0.15) is 9.78 Å². The monoisotopic (exact) mass is 542 g/mol. The van der Waals surface area contributed by atoms with Crippen LogP contribution in [0.2, 0.25) is 0 Å². The number of esters is 1. The summed E-state index contributed by atoms with van der Waals surface area (Å²) < 4.78 is 30.0. The first-order valence-corrected chi connectivity index (χ1v) is 11.8. The van der Waals surface area contributed by atoms with Gasteiger partial charge in [0.25, 0.3) is 17.2 Å². The molecule has 2 aromatic carbocycles. The lowest BCUT2D eigenvalue weighted by atomic mass is 10.1. The predicted molar refractivity (Wildman–Crippen MR) is 135 cm³/mol. The van der Waals surface area contributed by atoms with Gasteiger partial charge >= 0.3 is 5.97 Å². The number of aromatic nitrogens is 2. The summed E-state index contributed by atoms with van der Waals surface area (Å²) in [6.45, 7) is 1.62. The molecule has 0 unspecified atom stereocenters. The van der Waals surface area contributed by atoms with Gasteiger partial charge in [-0.1, -0.05) is 6.07 Å². The van der Waals surface area contributed by atoms with E-state index in [1.807, 2.05) is 0 Å². The molecule has 0 fully saturated rings. The quantitative estimate of drug-likeness (QED) is 0.198. The van der Waals surface area contributed by atoms with Gasteiger partial charge in [0.2, 0.25) is 0 Å². The van der Waals surface area contributed by atoms with Crippen LogP contribution in [0.25, 0.3) is 16.5 Å². The Bertz CT molecular complexity index is 1650. The van der Waals surface area contributed by atoms with Crippen LogP contribution >= 0.6 is 11.3 Å². The van der Waals surface area contributed by atoms with E-state index < -0.39 is 33.9 Å². The third-order valence-corrected chi connectivity index (χ3v) is 6.24. The summed E-state index contributed by atoms with van der Waals surface area (Å²) >= 11 is 0.896. The molecule has 2 heterocycles. The number of methoxy groups -OCH3 is 2. The van der Waals surface area contributed by atoms with Crippen LogP contribution in [0.1, 0.15) is 27.8 Å². The highest BCUT2D eigenvalue weighted by atomic mass is 32.1. The van der Waals surface area contributed by atoms with Gasteiger partial charge in [0, 0.05) is 16.8 Å². The number of carbonyl (C=O) groups excluding carboxylic acids is 2. The number of benzene rings is 2. The van der Waals surface area contributed by atoms with Gasteiger partial charge in [0.15, 0.2) is 17.2 Å². The van der Waals surface area contributed by atoms with E-state index in [1.54, 1.807) is 6.92 Å². The third-order valence-electron chi connectivity index (χ3n) is 5.34. The van der Waals surface area contributed by atoms with Crippen molar-refractivity contribution < 1.29 is 33.1 Å². The SMILES string of the molecule is CCOC(=O)c1nn(-c2cccc(F)c2)c(=O)c2c(NC(=O)c3cc(OC)c(OC)cc3[N+](=O)[O-])scc12. The first-order valence-electron chi connectivity index (χ1n) is 10.9. The molecule has 38 heavy (non-hydrogen) atoms. The summed E-state index contributed by atoms with van der Waals surface area (Å²) in [6, 6.07) is 7.17. The number of fused-ring (bicyclic) bond motifs is 1. The van der Waals surface area contributed by atoms with Crippen LogP contribution in [0, 0.1) is 15.9 Å². The normalized spacial score (nSPS) is 10.7. The molecule has 196 valence electrons. The van der Waals surface area contributed by atoms with Crippen molar-refractivity contribution in [3.63, 3.8) is 0 Å². The minimum atomic E-state index is -0.924. The maximum absolute atomic E-state index is 13.9. The second-order valence-corrected chi connectivity index (χ2v) is 8.43. The number of carbonyl (C=O) groups is 2. The molecule has 0 saturated heterocycles. The topological polar surface area (TPSA) is 152 Å². The Kier molecular flexibility index (Phi) is 7.34. The minimum Gasteiger partial charge on any atom is -0.493 e. The first kappa shape index (κ1) is 26.2. The van der Waals surface area contributed by atoms with Crippen LogP contribution < -0.4 is 20.3 Å². The molecule has 0 aliphatic rings. The molecular weight excluding hydrogens is 523 g/mol. The second kappa shape index (κ2) is 10.6. The standard InChI is InChI=1S/C24H19FN4O8S/c1-4-37-24(32)20-15-11-38-22(19(15)23(31)28(27-20)13-7-5-6-12(25)8-13)26-21(30)14-9-17(35-2)18(36-3)10-16(14)29(33)34/h5-11H,4H2,1-3H3,(H,26,30). The number of ether oxygens (including phenoxy) is 3. The Hall–Kier alpha value is -4.85. The summed E-state index contributed by atoms with van der Waals surface area (Å²) in [7, 11) is 2.59. The van der Waals surface area contributed by atoms with Gasteiger partial charge < -0.3 is 19.5 Å². The van der Waals surface area contributed by atoms with Crippen LogP contribution in [0.15, 0.2) is 46.6 Å². The smallest absolute Gasteiger partial charge is 0.359 e. The largest absolute Gasteiger partial charge is 0.493 e. The van der Waals surface area contributed by atoms with E-state index in [0.29, 0.717) is 0 Å². The zero-order valence-electron chi connectivity index (χ0n) is 20.1. The van der Waals surface area contributed by atoms with Crippen molar-refractivity contribution in [1.82, 2.24) is 9.78 Å². The van der Waals surface area contributed by atoms with Crippen molar-refractivity contribution in [2.75, 3.05) is 26.1 Å². The number of rotatable bonds is 8. The Morgan fingerprint density at radius 2 is 1.89 bits per heavy atom. The number of nitrogens with zero attached hydrogens (tertiary/aromatic N) is 3. The van der Waals surface area contributed by atoms with Gasteiger partial charge in [-0.05, 0) is 25.1 Å². The molecule has 1 amide bonds. The second-order valence-electron chi connectivity index (χ2n) is 7.55. The van der Waals surface area contributed by atoms with Crippen LogP contribution in [-0.4, -0.2) is 47.4 Å². The van der Waals surface area contributed by atoms with Crippen molar-refractivity contribution in [3.05, 3.63) is 79.3 Å². The van der Waals surface area contributed by atoms with Crippen LogP contribution in [-0.2, 0) is 4.74 Å². The van der Waals surface area contributed by atoms with Crippen molar-refractivity contribution >= 4 is 44.7 Å². The molecule has 4 aromatic rings. The van der Waals surface area contributed by atoms with Crippen molar-refractivity contribution in [2.45, 2.75) is 6.92 Å². The van der Waals surface area contributed by atoms with E-state index in [1.165, 1.54) is 37.8 Å². The first-order chi connectivity index (χ1) is 18.2. The molecule has 0 spiro atoms. The Labute approximate surface area is 217 Å². The molecule has 0 saturated carbocycles. The number of nitro groups is 1. The summed E-state index contributed by atoms with van der Waals surface area (Å²) in [6.07, 6.45) is 0. The average Bonchev–Trinajstić information content (AvgIpc) is 3.32. The fraction of sp³-hybridized carbons (Fsp3) is 0.167. The maximum Gasteiger partial charge on any atom is 0.359 e. The zero-order chi connectivity index (χ0) is 27.6. The van der Waals surface area contributed by atoms with E-state index >= 15 is 0 Å². The van der Waals surface area contributed by atoms with Crippen LogP contribution in [0.3, 0.4) is 0 Å².